The molecule has 0 N–H and O–H groups in total. The van der Waals surface area contributed by atoms with Crippen molar-refractivity contribution in [2.24, 2.45) is 0 Å². The molecule has 0 spiro atoms. The first-order valence-electron chi connectivity index (χ1n) is 10.9. The Balaban J connectivity index is 1.65. The van der Waals surface area contributed by atoms with E-state index in [0.717, 1.165) is 36.3 Å². The van der Waals surface area contributed by atoms with E-state index in [1.54, 1.807) is 18.7 Å². The second kappa shape index (κ2) is 8.46. The van der Waals surface area contributed by atoms with Gasteiger partial charge in [0.05, 0.1) is 18.5 Å². The van der Waals surface area contributed by atoms with E-state index in [9.17, 15) is 4.79 Å². The molecule has 33 heavy (non-hydrogen) atoms. The number of benzene rings is 2. The third-order valence-electron chi connectivity index (χ3n) is 5.69. The van der Waals surface area contributed by atoms with E-state index in [1.165, 1.54) is 5.56 Å². The minimum Gasteiger partial charge on any atom is -0.497 e. The van der Waals surface area contributed by atoms with Crippen LogP contribution in [0.15, 0.2) is 57.7 Å². The molecule has 3 aromatic heterocycles. The van der Waals surface area contributed by atoms with Crippen molar-refractivity contribution < 1.29 is 9.15 Å². The molecule has 166 valence electrons. The second-order valence-electron chi connectivity index (χ2n) is 7.90. The predicted octanol–water partition coefficient (Wildman–Crippen LogP) is 4.64. The molecule has 8 heteroatoms. The SMILES string of the molecule is CCCCc1ccc(-c2nc3c(c(C)nc4c3nnn4-c3ccc(OC)cc3)c(=O)o2)cc1. The van der Waals surface area contributed by atoms with Gasteiger partial charge in [-0.2, -0.15) is 4.68 Å². The van der Waals surface area contributed by atoms with Crippen molar-refractivity contribution in [2.45, 2.75) is 33.1 Å². The quantitative estimate of drug-likeness (QED) is 0.379. The fourth-order valence-electron chi connectivity index (χ4n) is 3.87. The minimum atomic E-state index is -0.490. The molecule has 0 aliphatic rings. The smallest absolute Gasteiger partial charge is 0.349 e. The number of aromatic nitrogens is 5. The second-order valence-corrected chi connectivity index (χ2v) is 7.90. The van der Waals surface area contributed by atoms with Gasteiger partial charge in [0.2, 0.25) is 5.89 Å². The molecule has 0 bridgehead atoms. The van der Waals surface area contributed by atoms with Crippen LogP contribution in [0.5, 0.6) is 5.75 Å². The van der Waals surface area contributed by atoms with Gasteiger partial charge in [0.1, 0.15) is 16.7 Å². The predicted molar refractivity (Wildman–Crippen MR) is 126 cm³/mol. The van der Waals surface area contributed by atoms with Crippen LogP contribution in [0.2, 0.25) is 0 Å². The Morgan fingerprint density at radius 2 is 1.76 bits per heavy atom. The largest absolute Gasteiger partial charge is 0.497 e. The Morgan fingerprint density at radius 3 is 2.45 bits per heavy atom. The summed E-state index contributed by atoms with van der Waals surface area (Å²) in [4.78, 5) is 22.1. The van der Waals surface area contributed by atoms with Crippen LogP contribution in [0.1, 0.15) is 31.0 Å². The lowest BCUT2D eigenvalue weighted by Crippen LogP contribution is -2.07. The standard InChI is InChI=1S/C25H23N5O3/c1-4-5-6-16-7-9-17(10-8-16)24-27-21-20(25(31)33-24)15(2)26-23-22(21)28-29-30(23)18-11-13-19(32-3)14-12-18/h7-14H,4-6H2,1-3H3. The number of aryl methyl sites for hydroxylation is 2. The van der Waals surface area contributed by atoms with Crippen molar-refractivity contribution in [1.82, 2.24) is 25.0 Å². The molecule has 5 rings (SSSR count). The number of hydrogen-bond acceptors (Lipinski definition) is 7. The lowest BCUT2D eigenvalue weighted by atomic mass is 10.1. The molecular formula is C25H23N5O3. The molecule has 8 nitrogen and oxygen atoms in total. The third-order valence-corrected chi connectivity index (χ3v) is 5.69. The highest BCUT2D eigenvalue weighted by molar-refractivity contribution is 6.00. The van der Waals surface area contributed by atoms with Crippen LogP contribution in [0.4, 0.5) is 0 Å². The van der Waals surface area contributed by atoms with Crippen LogP contribution < -0.4 is 10.4 Å². The molecule has 5 aromatic rings. The number of nitrogens with zero attached hydrogens (tertiary/aromatic N) is 5. The highest BCUT2D eigenvalue weighted by Crippen LogP contribution is 2.26. The highest BCUT2D eigenvalue weighted by Gasteiger charge is 2.19. The van der Waals surface area contributed by atoms with Crippen LogP contribution in [-0.4, -0.2) is 32.1 Å². The Hall–Kier alpha value is -4.07. The Morgan fingerprint density at radius 1 is 1.00 bits per heavy atom. The first kappa shape index (κ1) is 20.8. The van der Waals surface area contributed by atoms with E-state index in [0.29, 0.717) is 27.8 Å². The molecule has 3 heterocycles. The summed E-state index contributed by atoms with van der Waals surface area (Å²) in [5.41, 5.74) is 4.17. The molecule has 0 radical (unpaired) electrons. The third kappa shape index (κ3) is 3.73. The molecular weight excluding hydrogens is 418 g/mol. The van der Waals surface area contributed by atoms with Crippen LogP contribution in [0.25, 0.3) is 39.2 Å². The fraction of sp³-hybridized carbons (Fsp3) is 0.240. The fourth-order valence-corrected chi connectivity index (χ4v) is 3.87. The molecule has 0 amide bonds. The van der Waals surface area contributed by atoms with Crippen LogP contribution in [-0.2, 0) is 6.42 Å². The Kier molecular flexibility index (Phi) is 5.34. The van der Waals surface area contributed by atoms with E-state index in [2.05, 4.69) is 27.2 Å². The van der Waals surface area contributed by atoms with Crippen molar-refractivity contribution >= 4 is 22.1 Å². The van der Waals surface area contributed by atoms with E-state index in [1.807, 2.05) is 48.5 Å². The average molecular weight is 441 g/mol. The topological polar surface area (TPSA) is 95.9 Å². The number of rotatable bonds is 6. The summed E-state index contributed by atoms with van der Waals surface area (Å²) in [5, 5.41) is 8.89. The van der Waals surface area contributed by atoms with Gasteiger partial charge in [-0.05, 0) is 61.7 Å². The number of hydrogen-bond donors (Lipinski definition) is 0. The molecule has 0 aliphatic carbocycles. The molecule has 0 aliphatic heterocycles. The lowest BCUT2D eigenvalue weighted by Gasteiger charge is -2.07. The molecule has 0 atom stereocenters. The van der Waals surface area contributed by atoms with Crippen LogP contribution in [0.3, 0.4) is 0 Å². The average Bonchev–Trinajstić information content (AvgIpc) is 3.26. The maximum absolute atomic E-state index is 12.9. The highest BCUT2D eigenvalue weighted by atomic mass is 16.5. The first-order valence-corrected chi connectivity index (χ1v) is 10.9. The van der Waals surface area contributed by atoms with Crippen molar-refractivity contribution in [3.05, 3.63) is 70.2 Å². The zero-order chi connectivity index (χ0) is 22.9. The molecule has 0 unspecified atom stereocenters. The van der Waals surface area contributed by atoms with Gasteiger partial charge in [0.25, 0.3) is 0 Å². The number of methoxy groups -OCH3 is 1. The normalized spacial score (nSPS) is 11.4. The number of fused-ring (bicyclic) bond motifs is 3. The molecule has 0 saturated heterocycles. The molecule has 0 saturated carbocycles. The zero-order valence-electron chi connectivity index (χ0n) is 18.7. The number of pyridine rings is 1. The van der Waals surface area contributed by atoms with Gasteiger partial charge in [-0.1, -0.05) is 30.7 Å². The van der Waals surface area contributed by atoms with Gasteiger partial charge in [-0.3, -0.25) is 0 Å². The minimum absolute atomic E-state index is 0.250. The summed E-state index contributed by atoms with van der Waals surface area (Å²) < 4.78 is 12.4. The zero-order valence-corrected chi connectivity index (χ0v) is 18.7. The monoisotopic (exact) mass is 441 g/mol. The van der Waals surface area contributed by atoms with E-state index in [4.69, 9.17) is 9.15 Å². The van der Waals surface area contributed by atoms with Gasteiger partial charge in [0.15, 0.2) is 11.2 Å². The van der Waals surface area contributed by atoms with Gasteiger partial charge >= 0.3 is 5.63 Å². The van der Waals surface area contributed by atoms with Crippen molar-refractivity contribution in [3.63, 3.8) is 0 Å². The van der Waals surface area contributed by atoms with Crippen molar-refractivity contribution in [3.8, 4) is 22.9 Å². The van der Waals surface area contributed by atoms with Crippen molar-refractivity contribution in [2.75, 3.05) is 7.11 Å². The van der Waals surface area contributed by atoms with Crippen LogP contribution in [0, 0.1) is 6.92 Å². The summed E-state index contributed by atoms with van der Waals surface area (Å²) in [7, 11) is 1.62. The first-order chi connectivity index (χ1) is 16.1. The van der Waals surface area contributed by atoms with Gasteiger partial charge < -0.3 is 9.15 Å². The summed E-state index contributed by atoms with van der Waals surface area (Å²) in [6.45, 7) is 3.93. The van der Waals surface area contributed by atoms with Crippen molar-refractivity contribution in [1.29, 1.82) is 0 Å². The number of unbranched alkanes of at least 4 members (excludes halogenated alkanes) is 1. The maximum Gasteiger partial charge on any atom is 0.349 e. The summed E-state index contributed by atoms with van der Waals surface area (Å²) in [6.07, 6.45) is 3.30. The van der Waals surface area contributed by atoms with E-state index < -0.39 is 5.63 Å². The van der Waals surface area contributed by atoms with Gasteiger partial charge in [-0.25, -0.2) is 14.8 Å². The maximum atomic E-state index is 12.9. The molecule has 0 fully saturated rings. The summed E-state index contributed by atoms with van der Waals surface area (Å²) >= 11 is 0. The molecule has 2 aromatic carbocycles. The summed E-state index contributed by atoms with van der Waals surface area (Å²) in [5.74, 6) is 0.989. The Labute approximate surface area is 189 Å². The summed E-state index contributed by atoms with van der Waals surface area (Å²) in [6, 6.07) is 15.4. The number of ether oxygens (including phenoxy) is 1. The van der Waals surface area contributed by atoms with Gasteiger partial charge in [0, 0.05) is 5.56 Å². The lowest BCUT2D eigenvalue weighted by molar-refractivity contribution is 0.414. The van der Waals surface area contributed by atoms with E-state index in [-0.39, 0.29) is 5.89 Å². The van der Waals surface area contributed by atoms with Crippen LogP contribution >= 0.6 is 0 Å². The Bertz CT molecular complexity index is 1500. The van der Waals surface area contributed by atoms with E-state index >= 15 is 0 Å². The van der Waals surface area contributed by atoms with Gasteiger partial charge in [-0.15, -0.1) is 5.10 Å².